The molecule has 10 nitrogen and oxygen atoms in total. The van der Waals surface area contributed by atoms with E-state index in [1.54, 1.807) is 48.5 Å². The fraction of sp³-hybridized carbons (Fsp3) is 0.241. The molecular weight excluding hydrogens is 519 g/mol. The van der Waals surface area contributed by atoms with Crippen molar-refractivity contribution < 1.29 is 33.4 Å². The first kappa shape index (κ1) is 28.1. The van der Waals surface area contributed by atoms with Crippen LogP contribution in [0.4, 0.5) is 19.7 Å². The lowest BCUT2D eigenvalue weighted by atomic mass is 10.0. The lowest BCUT2D eigenvalue weighted by molar-refractivity contribution is -0.138. The number of carboxylic acids is 1. The number of hydrogen-bond donors (Lipinski definition) is 3. The molecule has 0 saturated carbocycles. The molecule has 2 unspecified atom stereocenters. The minimum Gasteiger partial charge on any atom is -0.481 e. The Morgan fingerprint density at radius 3 is 2.40 bits per heavy atom. The minimum absolute atomic E-state index is 0.0988. The summed E-state index contributed by atoms with van der Waals surface area (Å²) in [5, 5.41) is 14.8. The van der Waals surface area contributed by atoms with E-state index in [-0.39, 0.29) is 24.5 Å². The van der Waals surface area contributed by atoms with Gasteiger partial charge in [0.1, 0.15) is 11.6 Å². The van der Waals surface area contributed by atoms with Crippen LogP contribution in [0.5, 0.6) is 5.75 Å². The van der Waals surface area contributed by atoms with Crippen LogP contribution < -0.4 is 15.4 Å². The molecule has 1 fully saturated rings. The second-order valence-electron chi connectivity index (χ2n) is 9.31. The fourth-order valence-corrected chi connectivity index (χ4v) is 4.48. The molecule has 2 atom stereocenters. The van der Waals surface area contributed by atoms with Gasteiger partial charge in [0.15, 0.2) is 6.17 Å². The monoisotopic (exact) mass is 548 g/mol. The van der Waals surface area contributed by atoms with Crippen molar-refractivity contribution in [3.8, 4) is 5.75 Å². The summed E-state index contributed by atoms with van der Waals surface area (Å²) in [6.07, 6.45) is -2.42. The van der Waals surface area contributed by atoms with Crippen LogP contribution >= 0.6 is 0 Å². The Labute approximate surface area is 230 Å². The number of anilines is 1. The molecule has 0 spiro atoms. The van der Waals surface area contributed by atoms with Gasteiger partial charge in [-0.2, -0.15) is 0 Å². The molecule has 1 aliphatic rings. The summed E-state index contributed by atoms with van der Waals surface area (Å²) in [5.74, 6) is -2.23. The van der Waals surface area contributed by atoms with Crippen molar-refractivity contribution in [3.63, 3.8) is 0 Å². The van der Waals surface area contributed by atoms with E-state index >= 15 is 0 Å². The first-order valence-corrected chi connectivity index (χ1v) is 12.7. The summed E-state index contributed by atoms with van der Waals surface area (Å²) in [6.45, 7) is 2.04. The van der Waals surface area contributed by atoms with E-state index in [9.17, 15) is 28.7 Å². The van der Waals surface area contributed by atoms with Crippen molar-refractivity contribution in [2.45, 2.75) is 32.0 Å². The normalized spacial score (nSPS) is 15.6. The van der Waals surface area contributed by atoms with Gasteiger partial charge in [-0.05, 0) is 49.2 Å². The lowest BCUT2D eigenvalue weighted by Crippen LogP contribution is -2.64. The Bertz CT molecular complexity index is 1390. The van der Waals surface area contributed by atoms with E-state index < -0.39 is 48.4 Å². The van der Waals surface area contributed by atoms with Crippen molar-refractivity contribution in [3.05, 3.63) is 95.8 Å². The van der Waals surface area contributed by atoms with Crippen LogP contribution in [0, 0.1) is 12.7 Å². The molecule has 0 bridgehead atoms. The van der Waals surface area contributed by atoms with Gasteiger partial charge in [-0.15, -0.1) is 0 Å². The molecule has 3 aromatic rings. The molecule has 1 saturated heterocycles. The van der Waals surface area contributed by atoms with Crippen molar-refractivity contribution in [1.29, 1.82) is 0 Å². The third kappa shape index (κ3) is 7.13. The first-order chi connectivity index (χ1) is 19.2. The Kier molecular flexibility index (Phi) is 8.95. The predicted molar refractivity (Wildman–Crippen MR) is 144 cm³/mol. The summed E-state index contributed by atoms with van der Waals surface area (Å²) < 4.78 is 19.2. The number of nitrogens with one attached hydrogen (secondary N) is 2. The highest BCUT2D eigenvalue weighted by atomic mass is 19.1. The SMILES string of the molecule is Cc1cccc(C(CC(=O)O)NC(=O)C2N(C(=O)Nc3cccc(F)c3)CCCN2C(=O)Oc2ccccc2)c1. The zero-order valence-electron chi connectivity index (χ0n) is 21.7. The number of urea groups is 1. The Hall–Kier alpha value is -4.93. The number of ether oxygens (including phenoxy) is 1. The Balaban J connectivity index is 1.64. The number of para-hydroxylation sites is 1. The molecule has 4 amide bonds. The largest absolute Gasteiger partial charge is 0.481 e. The summed E-state index contributed by atoms with van der Waals surface area (Å²) >= 11 is 0. The number of carboxylic acid groups (broad SMARTS) is 1. The van der Waals surface area contributed by atoms with Crippen LogP contribution in [-0.4, -0.2) is 58.2 Å². The molecular formula is C29H29FN4O6. The van der Waals surface area contributed by atoms with E-state index in [2.05, 4.69) is 10.6 Å². The standard InChI is InChI=1S/C29H29FN4O6/c1-19-8-5-9-20(16-19)24(18-25(35)36)32-26(37)27-33(28(38)31-22-11-6-10-21(30)17-22)14-7-15-34(27)29(39)40-23-12-3-2-4-13-23/h2-6,8-13,16-17,24,27H,7,14-15,18H2,1H3,(H,31,38)(H,32,37)(H,35,36). The van der Waals surface area contributed by atoms with Gasteiger partial charge in [-0.3, -0.25) is 19.4 Å². The molecule has 0 aliphatic carbocycles. The Morgan fingerprint density at radius 2 is 1.70 bits per heavy atom. The van der Waals surface area contributed by atoms with Gasteiger partial charge in [-0.1, -0.05) is 54.1 Å². The number of carbonyl (C=O) groups is 4. The summed E-state index contributed by atoms with van der Waals surface area (Å²) in [4.78, 5) is 54.3. The third-order valence-corrected chi connectivity index (χ3v) is 6.28. The maximum atomic E-state index is 13.8. The number of benzene rings is 3. The van der Waals surface area contributed by atoms with Gasteiger partial charge in [0.25, 0.3) is 5.91 Å². The zero-order valence-corrected chi connectivity index (χ0v) is 21.7. The van der Waals surface area contributed by atoms with Gasteiger partial charge >= 0.3 is 18.1 Å². The molecule has 208 valence electrons. The van der Waals surface area contributed by atoms with Gasteiger partial charge in [0.2, 0.25) is 0 Å². The lowest BCUT2D eigenvalue weighted by Gasteiger charge is -2.42. The van der Waals surface area contributed by atoms with Crippen LogP contribution in [0.25, 0.3) is 0 Å². The van der Waals surface area contributed by atoms with Crippen molar-refractivity contribution in [1.82, 2.24) is 15.1 Å². The second kappa shape index (κ2) is 12.7. The summed E-state index contributed by atoms with van der Waals surface area (Å²) in [6, 6.07) is 18.9. The minimum atomic E-state index is -1.47. The number of amides is 4. The predicted octanol–water partition coefficient (Wildman–Crippen LogP) is 4.53. The van der Waals surface area contributed by atoms with Crippen LogP contribution in [0.15, 0.2) is 78.9 Å². The second-order valence-corrected chi connectivity index (χ2v) is 9.31. The van der Waals surface area contributed by atoms with E-state index in [1.165, 1.54) is 18.2 Å². The third-order valence-electron chi connectivity index (χ3n) is 6.28. The van der Waals surface area contributed by atoms with Crippen LogP contribution in [-0.2, 0) is 9.59 Å². The van der Waals surface area contributed by atoms with Gasteiger partial charge < -0.3 is 20.5 Å². The maximum Gasteiger partial charge on any atom is 0.417 e. The molecule has 0 aromatic heterocycles. The zero-order chi connectivity index (χ0) is 28.6. The highest BCUT2D eigenvalue weighted by Crippen LogP contribution is 2.23. The van der Waals surface area contributed by atoms with E-state index in [0.29, 0.717) is 12.0 Å². The molecule has 11 heteroatoms. The quantitative estimate of drug-likeness (QED) is 0.398. The molecule has 3 aromatic carbocycles. The number of aliphatic carboxylic acids is 1. The van der Waals surface area contributed by atoms with Crippen molar-refractivity contribution >= 4 is 29.7 Å². The van der Waals surface area contributed by atoms with Crippen molar-refractivity contribution in [2.75, 3.05) is 18.4 Å². The maximum absolute atomic E-state index is 13.8. The number of nitrogens with zero attached hydrogens (tertiary/aromatic N) is 2. The smallest absolute Gasteiger partial charge is 0.417 e. The van der Waals surface area contributed by atoms with Gasteiger partial charge in [0.05, 0.1) is 12.5 Å². The molecule has 0 radical (unpaired) electrons. The van der Waals surface area contributed by atoms with E-state index in [0.717, 1.165) is 21.4 Å². The molecule has 1 aliphatic heterocycles. The number of hydrogen-bond acceptors (Lipinski definition) is 5. The van der Waals surface area contributed by atoms with Crippen LogP contribution in [0.3, 0.4) is 0 Å². The van der Waals surface area contributed by atoms with Crippen molar-refractivity contribution in [2.24, 2.45) is 0 Å². The average Bonchev–Trinajstić information content (AvgIpc) is 2.92. The fourth-order valence-electron chi connectivity index (χ4n) is 4.48. The molecule has 1 heterocycles. The number of halogens is 1. The van der Waals surface area contributed by atoms with Gasteiger partial charge in [-0.25, -0.2) is 14.0 Å². The summed E-state index contributed by atoms with van der Waals surface area (Å²) in [7, 11) is 0. The average molecular weight is 549 g/mol. The first-order valence-electron chi connectivity index (χ1n) is 12.7. The van der Waals surface area contributed by atoms with E-state index in [1.807, 2.05) is 13.0 Å². The highest BCUT2D eigenvalue weighted by molar-refractivity contribution is 5.95. The number of aryl methyl sites for hydroxylation is 1. The highest BCUT2D eigenvalue weighted by Gasteiger charge is 2.42. The van der Waals surface area contributed by atoms with Crippen LogP contribution in [0.2, 0.25) is 0 Å². The Morgan fingerprint density at radius 1 is 0.975 bits per heavy atom. The number of carbonyl (C=O) groups excluding carboxylic acids is 3. The molecule has 4 rings (SSSR count). The van der Waals surface area contributed by atoms with E-state index in [4.69, 9.17) is 4.74 Å². The topological polar surface area (TPSA) is 128 Å². The summed E-state index contributed by atoms with van der Waals surface area (Å²) in [5.41, 5.74) is 1.58. The van der Waals surface area contributed by atoms with Gasteiger partial charge in [0, 0.05) is 18.8 Å². The molecule has 3 N–H and O–H groups in total. The van der Waals surface area contributed by atoms with Crippen LogP contribution in [0.1, 0.15) is 30.0 Å². The molecule has 40 heavy (non-hydrogen) atoms. The number of rotatable bonds is 7.